The second kappa shape index (κ2) is 6.02. The third kappa shape index (κ3) is 3.64. The summed E-state index contributed by atoms with van der Waals surface area (Å²) in [6.45, 7) is 1.74. The molecule has 2 rings (SSSR count). The quantitative estimate of drug-likeness (QED) is 0.613. The van der Waals surface area contributed by atoms with E-state index in [2.05, 4.69) is 14.7 Å². The van der Waals surface area contributed by atoms with Gasteiger partial charge in [-0.05, 0) is 12.5 Å². The molecule has 0 spiro atoms. The van der Waals surface area contributed by atoms with Crippen LogP contribution in [0.5, 0.6) is 0 Å². The molecule has 0 amide bonds. The monoisotopic (exact) mass is 310 g/mol. The Morgan fingerprint density at radius 2 is 2.19 bits per heavy atom. The number of hydrogen-bond acceptors (Lipinski definition) is 5. The minimum Gasteiger partial charge on any atom is -0.349 e. The van der Waals surface area contributed by atoms with E-state index in [1.165, 1.54) is 12.1 Å². The lowest BCUT2D eigenvalue weighted by molar-refractivity contribution is -0.385. The van der Waals surface area contributed by atoms with Gasteiger partial charge in [-0.15, -0.1) is 0 Å². The Kier molecular flexibility index (Phi) is 4.34. The van der Waals surface area contributed by atoms with Crippen LogP contribution in [0.15, 0.2) is 35.5 Å². The van der Waals surface area contributed by atoms with Crippen LogP contribution in [0.2, 0.25) is 0 Å². The Labute approximate surface area is 121 Å². The number of nitrogens with one attached hydrogen (secondary N) is 2. The lowest BCUT2D eigenvalue weighted by atomic mass is 10.2. The summed E-state index contributed by atoms with van der Waals surface area (Å²) < 4.78 is 26.8. The fourth-order valence-electron chi connectivity index (χ4n) is 1.81. The van der Waals surface area contributed by atoms with Gasteiger partial charge >= 0.3 is 0 Å². The first kappa shape index (κ1) is 15.1. The van der Waals surface area contributed by atoms with E-state index in [4.69, 9.17) is 0 Å². The summed E-state index contributed by atoms with van der Waals surface area (Å²) >= 11 is 0. The highest BCUT2D eigenvalue weighted by atomic mass is 32.2. The number of hydrogen-bond donors (Lipinski definition) is 2. The third-order valence-electron chi connectivity index (χ3n) is 2.88. The van der Waals surface area contributed by atoms with Crippen LogP contribution in [0.3, 0.4) is 0 Å². The molecule has 0 bridgehead atoms. The first-order valence-corrected chi connectivity index (χ1v) is 7.61. The molecule has 8 nitrogen and oxygen atoms in total. The van der Waals surface area contributed by atoms with Crippen LogP contribution in [0.25, 0.3) is 0 Å². The number of aryl methyl sites for hydroxylation is 1. The Balaban J connectivity index is 2.15. The Morgan fingerprint density at radius 3 is 2.81 bits per heavy atom. The van der Waals surface area contributed by atoms with E-state index >= 15 is 0 Å². The van der Waals surface area contributed by atoms with Crippen LogP contribution < -0.4 is 4.72 Å². The highest BCUT2D eigenvalue weighted by Crippen LogP contribution is 2.21. The molecule has 0 fully saturated rings. The maximum absolute atomic E-state index is 12.2. The lowest BCUT2D eigenvalue weighted by Crippen LogP contribution is -2.27. The van der Waals surface area contributed by atoms with Crippen LogP contribution in [0.4, 0.5) is 5.69 Å². The number of H-pyrrole nitrogens is 1. The van der Waals surface area contributed by atoms with Gasteiger partial charge < -0.3 is 4.98 Å². The highest BCUT2D eigenvalue weighted by Gasteiger charge is 2.20. The molecule has 1 heterocycles. The van der Waals surface area contributed by atoms with E-state index in [1.54, 1.807) is 19.3 Å². The molecule has 0 radical (unpaired) electrons. The zero-order valence-electron chi connectivity index (χ0n) is 11.2. The average molecular weight is 310 g/mol. The Morgan fingerprint density at radius 1 is 1.43 bits per heavy atom. The lowest BCUT2D eigenvalue weighted by Gasteiger charge is -2.08. The fraction of sp³-hybridized carbons (Fsp3) is 0.250. The van der Waals surface area contributed by atoms with E-state index in [-0.39, 0.29) is 17.1 Å². The second-order valence-corrected chi connectivity index (χ2v) is 6.13. The minimum absolute atomic E-state index is 0.0869. The molecule has 0 aliphatic heterocycles. The summed E-state index contributed by atoms with van der Waals surface area (Å²) in [5, 5.41) is 10.7. The molecule has 9 heteroatoms. The zero-order chi connectivity index (χ0) is 15.5. The fourth-order valence-corrected chi connectivity index (χ4v) is 3.10. The van der Waals surface area contributed by atoms with Gasteiger partial charge in [0.2, 0.25) is 10.0 Å². The second-order valence-electron chi connectivity index (χ2n) is 4.39. The van der Waals surface area contributed by atoms with E-state index < -0.39 is 14.9 Å². The van der Waals surface area contributed by atoms with Crippen molar-refractivity contribution in [1.82, 2.24) is 14.7 Å². The minimum atomic E-state index is -3.80. The predicted octanol–water partition coefficient (Wildman–Crippen LogP) is 1.15. The first-order chi connectivity index (χ1) is 9.90. The molecule has 1 aromatic carbocycles. The van der Waals surface area contributed by atoms with E-state index in [0.29, 0.717) is 17.8 Å². The molecule has 2 aromatic rings. The van der Waals surface area contributed by atoms with Gasteiger partial charge in [0, 0.05) is 37.5 Å². The number of imidazole rings is 1. The number of rotatable bonds is 6. The van der Waals surface area contributed by atoms with Crippen molar-refractivity contribution in [3.63, 3.8) is 0 Å². The van der Waals surface area contributed by atoms with Gasteiger partial charge in [-0.1, -0.05) is 6.07 Å². The van der Waals surface area contributed by atoms with Crippen molar-refractivity contribution in [2.45, 2.75) is 18.2 Å². The van der Waals surface area contributed by atoms with Crippen LogP contribution in [0.1, 0.15) is 11.4 Å². The molecule has 21 heavy (non-hydrogen) atoms. The van der Waals surface area contributed by atoms with Gasteiger partial charge in [0.15, 0.2) is 0 Å². The van der Waals surface area contributed by atoms with Gasteiger partial charge in [0.05, 0.1) is 9.82 Å². The molecule has 0 aliphatic rings. The molecule has 0 saturated carbocycles. The van der Waals surface area contributed by atoms with Crippen molar-refractivity contribution < 1.29 is 13.3 Å². The van der Waals surface area contributed by atoms with Crippen molar-refractivity contribution >= 4 is 15.7 Å². The van der Waals surface area contributed by atoms with Gasteiger partial charge in [-0.2, -0.15) is 0 Å². The topological polar surface area (TPSA) is 118 Å². The molecular weight excluding hydrogens is 296 g/mol. The van der Waals surface area contributed by atoms with E-state index in [1.807, 2.05) is 0 Å². The maximum Gasteiger partial charge on any atom is 0.270 e. The third-order valence-corrected chi connectivity index (χ3v) is 4.48. The van der Waals surface area contributed by atoms with E-state index in [0.717, 1.165) is 6.07 Å². The molecule has 1 aromatic heterocycles. The number of nitro benzene ring substituents is 1. The number of non-ortho nitro benzene ring substituents is 1. The largest absolute Gasteiger partial charge is 0.349 e. The summed E-state index contributed by atoms with van der Waals surface area (Å²) in [5.41, 5.74) is 0.193. The summed E-state index contributed by atoms with van der Waals surface area (Å²) in [7, 11) is -3.80. The van der Waals surface area contributed by atoms with Crippen LogP contribution in [0, 0.1) is 17.0 Å². The zero-order valence-corrected chi connectivity index (χ0v) is 12.1. The normalized spacial score (nSPS) is 11.5. The van der Waals surface area contributed by atoms with Crippen LogP contribution in [-0.2, 0) is 16.4 Å². The molecule has 112 valence electrons. The molecule has 0 aliphatic carbocycles. The summed E-state index contributed by atoms with van der Waals surface area (Å²) in [4.78, 5) is 16.9. The summed E-state index contributed by atoms with van der Waals surface area (Å²) in [6.07, 6.45) is 3.63. The van der Waals surface area contributed by atoms with Crippen molar-refractivity contribution in [3.8, 4) is 0 Å². The van der Waals surface area contributed by atoms with Crippen molar-refractivity contribution in [3.05, 3.63) is 52.1 Å². The summed E-state index contributed by atoms with van der Waals surface area (Å²) in [5.74, 6) is 0.661. The summed E-state index contributed by atoms with van der Waals surface area (Å²) in [6, 6.07) is 3.75. The van der Waals surface area contributed by atoms with Gasteiger partial charge in [0.25, 0.3) is 5.69 Å². The highest BCUT2D eigenvalue weighted by molar-refractivity contribution is 7.89. The standard InChI is InChI=1S/C12H14N4O4S/c1-9-2-3-10(16(17)18)8-11(9)21(19,20)15-5-4-12-13-6-7-14-12/h2-3,6-8,15H,4-5H2,1H3,(H,13,14). The molecule has 0 saturated heterocycles. The maximum atomic E-state index is 12.2. The molecule has 0 atom stereocenters. The van der Waals surface area contributed by atoms with Crippen LogP contribution >= 0.6 is 0 Å². The number of sulfonamides is 1. The molecule has 0 unspecified atom stereocenters. The van der Waals surface area contributed by atoms with Crippen LogP contribution in [-0.4, -0.2) is 29.9 Å². The Bertz CT molecular complexity index is 741. The number of nitro groups is 1. The molecular formula is C12H14N4O4S. The van der Waals surface area contributed by atoms with Crippen molar-refractivity contribution in [1.29, 1.82) is 0 Å². The number of aromatic amines is 1. The van der Waals surface area contributed by atoms with E-state index in [9.17, 15) is 18.5 Å². The van der Waals surface area contributed by atoms with Crippen molar-refractivity contribution in [2.24, 2.45) is 0 Å². The Hall–Kier alpha value is -2.26. The van der Waals surface area contributed by atoms with Gasteiger partial charge in [-0.3, -0.25) is 10.1 Å². The number of nitrogens with zero attached hydrogens (tertiary/aromatic N) is 2. The first-order valence-electron chi connectivity index (χ1n) is 6.13. The average Bonchev–Trinajstić information content (AvgIpc) is 2.91. The number of benzene rings is 1. The van der Waals surface area contributed by atoms with Gasteiger partial charge in [0.1, 0.15) is 5.82 Å². The molecule has 2 N–H and O–H groups in total. The number of aromatic nitrogens is 2. The predicted molar refractivity (Wildman–Crippen MR) is 75.3 cm³/mol. The SMILES string of the molecule is Cc1ccc([N+](=O)[O-])cc1S(=O)(=O)NCCc1ncc[nH]1. The smallest absolute Gasteiger partial charge is 0.270 e. The van der Waals surface area contributed by atoms with Crippen molar-refractivity contribution in [2.75, 3.05) is 6.54 Å². The van der Waals surface area contributed by atoms with Gasteiger partial charge in [-0.25, -0.2) is 18.1 Å².